The van der Waals surface area contributed by atoms with Gasteiger partial charge in [-0.15, -0.1) is 0 Å². The van der Waals surface area contributed by atoms with E-state index >= 15 is 0 Å². The molecule has 0 atom stereocenters. The van der Waals surface area contributed by atoms with Crippen molar-refractivity contribution in [2.45, 2.75) is 50.0 Å². The highest BCUT2D eigenvalue weighted by molar-refractivity contribution is 5.47. The highest BCUT2D eigenvalue weighted by Gasteiger charge is 2.37. The van der Waals surface area contributed by atoms with Gasteiger partial charge in [0.1, 0.15) is 0 Å². The molecule has 0 radical (unpaired) electrons. The lowest BCUT2D eigenvalue weighted by Crippen LogP contribution is -2.37. The monoisotopic (exact) mass is 316 g/mol. The first-order chi connectivity index (χ1) is 11.2. The number of hydrogen-bond donors (Lipinski definition) is 2. The second-order valence-electron chi connectivity index (χ2n) is 6.72. The van der Waals surface area contributed by atoms with Crippen molar-refractivity contribution in [1.82, 2.24) is 5.48 Å². The summed E-state index contributed by atoms with van der Waals surface area (Å²) in [4.78, 5) is 0. The Kier molecular flexibility index (Phi) is 4.74. The molecule has 0 spiro atoms. The Morgan fingerprint density at radius 1 is 1.26 bits per heavy atom. The molecule has 2 fully saturated rings. The van der Waals surface area contributed by atoms with Crippen LogP contribution >= 0.6 is 0 Å². The van der Waals surface area contributed by atoms with Crippen LogP contribution in [-0.4, -0.2) is 25.0 Å². The van der Waals surface area contributed by atoms with Gasteiger partial charge < -0.3 is 14.7 Å². The zero-order chi connectivity index (χ0) is 16.3. The number of hydroxylamine groups is 1. The van der Waals surface area contributed by atoms with Gasteiger partial charge in [0.25, 0.3) is 0 Å². The molecule has 0 aromatic heterocycles. The second-order valence-corrected chi connectivity index (χ2v) is 6.72. The second kappa shape index (κ2) is 6.77. The Bertz CT molecular complexity index is 584. The van der Waals surface area contributed by atoms with Crippen LogP contribution < -0.4 is 15.0 Å². The third kappa shape index (κ3) is 3.44. The number of hydrogen-bond acceptors (Lipinski definition) is 5. The lowest BCUT2D eigenvalue weighted by Gasteiger charge is -2.35. The molecule has 0 heterocycles. The number of methoxy groups -OCH3 is 1. The fourth-order valence-electron chi connectivity index (χ4n) is 3.28. The van der Waals surface area contributed by atoms with Crippen LogP contribution in [0, 0.1) is 17.2 Å². The summed E-state index contributed by atoms with van der Waals surface area (Å²) in [6, 6.07) is 8.43. The summed E-state index contributed by atoms with van der Waals surface area (Å²) in [7, 11) is 1.64. The molecule has 0 bridgehead atoms. The van der Waals surface area contributed by atoms with E-state index in [-0.39, 0.29) is 6.04 Å². The number of nitriles is 1. The van der Waals surface area contributed by atoms with E-state index in [1.807, 2.05) is 18.2 Å². The predicted molar refractivity (Wildman–Crippen MR) is 85.7 cm³/mol. The van der Waals surface area contributed by atoms with Gasteiger partial charge in [-0.1, -0.05) is 6.07 Å². The summed E-state index contributed by atoms with van der Waals surface area (Å²) in [6.45, 7) is 0.718. The van der Waals surface area contributed by atoms with Crippen molar-refractivity contribution in [3.63, 3.8) is 0 Å². The highest BCUT2D eigenvalue weighted by Crippen LogP contribution is 2.42. The van der Waals surface area contributed by atoms with Crippen LogP contribution in [0.2, 0.25) is 0 Å². The number of nitrogens with one attached hydrogen (secondary N) is 1. The summed E-state index contributed by atoms with van der Waals surface area (Å²) in [5, 5.41) is 18.9. The number of nitrogens with zero attached hydrogens (tertiary/aromatic N) is 1. The first kappa shape index (κ1) is 16.1. The predicted octanol–water partition coefficient (Wildman–Crippen LogP) is 3.17. The Balaban J connectivity index is 1.82. The first-order valence-corrected chi connectivity index (χ1v) is 8.33. The van der Waals surface area contributed by atoms with Gasteiger partial charge in [0.2, 0.25) is 0 Å². The first-order valence-electron chi connectivity index (χ1n) is 8.33. The zero-order valence-electron chi connectivity index (χ0n) is 13.5. The van der Waals surface area contributed by atoms with E-state index in [1.165, 1.54) is 12.8 Å². The van der Waals surface area contributed by atoms with E-state index in [2.05, 4.69) is 11.5 Å². The van der Waals surface area contributed by atoms with E-state index < -0.39 is 5.41 Å². The maximum absolute atomic E-state index is 9.79. The molecule has 124 valence electrons. The van der Waals surface area contributed by atoms with E-state index in [1.54, 1.807) is 7.11 Å². The van der Waals surface area contributed by atoms with Crippen LogP contribution in [0.3, 0.4) is 0 Å². The van der Waals surface area contributed by atoms with Crippen molar-refractivity contribution in [2.75, 3.05) is 13.7 Å². The molecule has 0 unspecified atom stereocenters. The molecule has 0 amide bonds. The number of rotatable bonds is 6. The zero-order valence-corrected chi connectivity index (χ0v) is 13.5. The molecule has 2 N–H and O–H groups in total. The Hall–Kier alpha value is -1.77. The SMILES string of the molecule is COc1ccc([C@]2(C#N)CC[C@H](NO)CC2)cc1OCC1CC1. The summed E-state index contributed by atoms with van der Waals surface area (Å²) < 4.78 is 11.3. The van der Waals surface area contributed by atoms with Gasteiger partial charge >= 0.3 is 0 Å². The quantitative estimate of drug-likeness (QED) is 0.789. The van der Waals surface area contributed by atoms with Crippen molar-refractivity contribution in [2.24, 2.45) is 5.92 Å². The van der Waals surface area contributed by atoms with Crippen molar-refractivity contribution < 1.29 is 14.7 Å². The van der Waals surface area contributed by atoms with Gasteiger partial charge in [-0.2, -0.15) is 5.26 Å². The van der Waals surface area contributed by atoms with Gasteiger partial charge in [0.15, 0.2) is 11.5 Å². The van der Waals surface area contributed by atoms with E-state index in [0.29, 0.717) is 11.7 Å². The normalized spacial score (nSPS) is 27.3. The van der Waals surface area contributed by atoms with Crippen LogP contribution in [0.4, 0.5) is 0 Å². The van der Waals surface area contributed by atoms with Crippen LogP contribution in [0.15, 0.2) is 18.2 Å². The van der Waals surface area contributed by atoms with Crippen molar-refractivity contribution >= 4 is 0 Å². The minimum Gasteiger partial charge on any atom is -0.493 e. The topological polar surface area (TPSA) is 74.5 Å². The minimum atomic E-state index is -0.503. The maximum atomic E-state index is 9.79. The fourth-order valence-corrected chi connectivity index (χ4v) is 3.28. The van der Waals surface area contributed by atoms with E-state index in [9.17, 15) is 5.26 Å². The molecule has 2 saturated carbocycles. The molecule has 5 heteroatoms. The molecular formula is C18H24N2O3. The standard InChI is InChI=1S/C18H24N2O3/c1-22-16-5-4-14(10-17(16)23-11-13-2-3-13)18(12-19)8-6-15(20-21)7-9-18/h4-5,10,13,15,20-21H,2-3,6-9,11H2,1H3/t15-,18+. The maximum Gasteiger partial charge on any atom is 0.161 e. The molecule has 1 aromatic rings. The summed E-state index contributed by atoms with van der Waals surface area (Å²) >= 11 is 0. The minimum absolute atomic E-state index is 0.0836. The molecular weight excluding hydrogens is 292 g/mol. The average molecular weight is 316 g/mol. The number of benzene rings is 1. The largest absolute Gasteiger partial charge is 0.493 e. The van der Waals surface area contributed by atoms with Crippen molar-refractivity contribution in [3.05, 3.63) is 23.8 Å². The van der Waals surface area contributed by atoms with Crippen LogP contribution in [0.5, 0.6) is 11.5 Å². The Labute approximate surface area is 137 Å². The molecule has 0 saturated heterocycles. The fraction of sp³-hybridized carbons (Fsp3) is 0.611. The van der Waals surface area contributed by atoms with Gasteiger partial charge in [0, 0.05) is 6.04 Å². The molecule has 3 rings (SSSR count). The van der Waals surface area contributed by atoms with Crippen LogP contribution in [0.1, 0.15) is 44.1 Å². The molecule has 1 aromatic carbocycles. The summed E-state index contributed by atoms with van der Waals surface area (Å²) in [5.74, 6) is 2.11. The summed E-state index contributed by atoms with van der Waals surface area (Å²) in [5.41, 5.74) is 2.82. The van der Waals surface area contributed by atoms with Gasteiger partial charge in [0.05, 0.1) is 25.2 Å². The van der Waals surface area contributed by atoms with Crippen molar-refractivity contribution in [1.29, 1.82) is 5.26 Å². The van der Waals surface area contributed by atoms with E-state index in [4.69, 9.17) is 14.7 Å². The van der Waals surface area contributed by atoms with Gasteiger partial charge in [-0.25, -0.2) is 5.48 Å². The lowest BCUT2D eigenvalue weighted by atomic mass is 9.69. The summed E-state index contributed by atoms with van der Waals surface area (Å²) in [6.07, 6.45) is 5.51. The number of ether oxygens (including phenoxy) is 2. The van der Waals surface area contributed by atoms with Crippen LogP contribution in [-0.2, 0) is 5.41 Å². The lowest BCUT2D eigenvalue weighted by molar-refractivity contribution is 0.0974. The molecule has 2 aliphatic rings. The average Bonchev–Trinajstić information content (AvgIpc) is 3.44. The van der Waals surface area contributed by atoms with Gasteiger partial charge in [-0.3, -0.25) is 0 Å². The third-order valence-electron chi connectivity index (χ3n) is 5.12. The molecule has 0 aliphatic heterocycles. The highest BCUT2D eigenvalue weighted by atomic mass is 16.5. The van der Waals surface area contributed by atoms with Crippen molar-refractivity contribution in [3.8, 4) is 17.6 Å². The Morgan fingerprint density at radius 2 is 2.00 bits per heavy atom. The van der Waals surface area contributed by atoms with E-state index in [0.717, 1.165) is 43.6 Å². The molecule has 2 aliphatic carbocycles. The molecule has 23 heavy (non-hydrogen) atoms. The smallest absolute Gasteiger partial charge is 0.161 e. The van der Waals surface area contributed by atoms with Crippen LogP contribution in [0.25, 0.3) is 0 Å². The Morgan fingerprint density at radius 3 is 2.57 bits per heavy atom. The third-order valence-corrected chi connectivity index (χ3v) is 5.12. The van der Waals surface area contributed by atoms with Gasteiger partial charge in [-0.05, 0) is 62.1 Å². The molecule has 5 nitrogen and oxygen atoms in total.